The fourth-order valence-corrected chi connectivity index (χ4v) is 1.98. The molecule has 1 aromatic heterocycles. The minimum absolute atomic E-state index is 0.643. The van der Waals surface area contributed by atoms with Gasteiger partial charge in [-0.1, -0.05) is 0 Å². The smallest absolute Gasteiger partial charge is 0.216 e. The molecule has 1 N–H and O–H groups in total. The van der Waals surface area contributed by atoms with E-state index in [-0.39, 0.29) is 0 Å². The maximum atomic E-state index is 5.38. The van der Waals surface area contributed by atoms with Gasteiger partial charge in [0.15, 0.2) is 0 Å². The summed E-state index contributed by atoms with van der Waals surface area (Å²) in [6, 6.07) is 1.93. The molecule has 0 spiro atoms. The highest BCUT2D eigenvalue weighted by Gasteiger charge is 2.10. The third-order valence-corrected chi connectivity index (χ3v) is 2.81. The fourth-order valence-electron chi connectivity index (χ4n) is 1.98. The lowest BCUT2D eigenvalue weighted by Crippen LogP contribution is -2.28. The van der Waals surface area contributed by atoms with Gasteiger partial charge in [-0.05, 0) is 26.4 Å². The van der Waals surface area contributed by atoms with Crippen LogP contribution in [0.15, 0.2) is 12.4 Å². The molecular formula is C12H20N4O. The average molecular weight is 236 g/mol. The number of rotatable bonds is 4. The maximum Gasteiger partial charge on any atom is 0.216 e. The van der Waals surface area contributed by atoms with Crippen molar-refractivity contribution >= 4 is 0 Å². The van der Waals surface area contributed by atoms with Crippen LogP contribution in [0.3, 0.4) is 0 Å². The molecule has 0 atom stereocenters. The molecule has 2 rings (SSSR count). The van der Waals surface area contributed by atoms with Gasteiger partial charge in [0.1, 0.15) is 6.33 Å². The minimum Gasteiger partial charge on any atom is -0.478 e. The van der Waals surface area contributed by atoms with Gasteiger partial charge in [0, 0.05) is 25.7 Å². The minimum atomic E-state index is 0.643. The summed E-state index contributed by atoms with van der Waals surface area (Å²) >= 11 is 0. The van der Waals surface area contributed by atoms with Gasteiger partial charge in [0.05, 0.1) is 12.3 Å². The van der Waals surface area contributed by atoms with Crippen LogP contribution >= 0.6 is 0 Å². The van der Waals surface area contributed by atoms with Crippen molar-refractivity contribution in [2.24, 2.45) is 0 Å². The summed E-state index contributed by atoms with van der Waals surface area (Å²) in [6.07, 6.45) is 2.78. The van der Waals surface area contributed by atoms with Crippen molar-refractivity contribution in [3.8, 4) is 5.88 Å². The monoisotopic (exact) mass is 236 g/mol. The largest absolute Gasteiger partial charge is 0.478 e. The number of nitrogens with zero attached hydrogens (tertiary/aromatic N) is 3. The Labute approximate surface area is 102 Å². The molecular weight excluding hydrogens is 216 g/mol. The van der Waals surface area contributed by atoms with E-state index in [9.17, 15) is 0 Å². The number of hydrogen-bond donors (Lipinski definition) is 1. The van der Waals surface area contributed by atoms with E-state index in [0.29, 0.717) is 12.5 Å². The molecule has 5 heteroatoms. The molecule has 17 heavy (non-hydrogen) atoms. The van der Waals surface area contributed by atoms with E-state index in [4.69, 9.17) is 4.74 Å². The van der Waals surface area contributed by atoms with Crippen LogP contribution in [0.2, 0.25) is 0 Å². The standard InChI is InChI=1S/C12H20N4O/c1-2-17-12-8-11(14-10-15-12)9-16-6-3-4-13-5-7-16/h8,10,13H,2-7,9H2,1H3. The zero-order valence-corrected chi connectivity index (χ0v) is 10.4. The molecule has 0 radical (unpaired) electrons. The van der Waals surface area contributed by atoms with E-state index in [0.717, 1.165) is 38.4 Å². The molecule has 1 saturated heterocycles. The van der Waals surface area contributed by atoms with Crippen molar-refractivity contribution in [2.45, 2.75) is 19.9 Å². The molecule has 1 aromatic rings. The SMILES string of the molecule is CCOc1cc(CN2CCCNCC2)ncn1. The lowest BCUT2D eigenvalue weighted by atomic mass is 10.3. The summed E-state index contributed by atoms with van der Waals surface area (Å²) in [6.45, 7) is 7.86. The van der Waals surface area contributed by atoms with Gasteiger partial charge in [-0.3, -0.25) is 4.90 Å². The number of ether oxygens (including phenoxy) is 1. The molecule has 0 unspecified atom stereocenters. The summed E-state index contributed by atoms with van der Waals surface area (Å²) in [4.78, 5) is 10.8. The predicted octanol–water partition coefficient (Wildman–Crippen LogP) is 0.671. The van der Waals surface area contributed by atoms with Gasteiger partial charge >= 0.3 is 0 Å². The molecule has 94 valence electrons. The number of aromatic nitrogens is 2. The zero-order chi connectivity index (χ0) is 11.9. The Morgan fingerprint density at radius 2 is 2.29 bits per heavy atom. The molecule has 0 aliphatic carbocycles. The summed E-state index contributed by atoms with van der Waals surface area (Å²) in [5, 5.41) is 3.40. The zero-order valence-electron chi connectivity index (χ0n) is 10.4. The summed E-state index contributed by atoms with van der Waals surface area (Å²) in [7, 11) is 0. The molecule has 1 aliphatic heterocycles. The Morgan fingerprint density at radius 1 is 1.35 bits per heavy atom. The normalized spacial score (nSPS) is 17.7. The van der Waals surface area contributed by atoms with Crippen molar-refractivity contribution < 1.29 is 4.74 Å². The van der Waals surface area contributed by atoms with Crippen molar-refractivity contribution in [1.82, 2.24) is 20.2 Å². The van der Waals surface area contributed by atoms with Crippen LogP contribution in [0.5, 0.6) is 5.88 Å². The van der Waals surface area contributed by atoms with Gasteiger partial charge in [-0.25, -0.2) is 9.97 Å². The number of hydrogen-bond acceptors (Lipinski definition) is 5. The van der Waals surface area contributed by atoms with Gasteiger partial charge in [-0.2, -0.15) is 0 Å². The van der Waals surface area contributed by atoms with Crippen LogP contribution in [0.1, 0.15) is 19.0 Å². The summed E-state index contributed by atoms with van der Waals surface area (Å²) in [5.41, 5.74) is 1.03. The number of nitrogens with one attached hydrogen (secondary N) is 1. The van der Waals surface area contributed by atoms with Crippen molar-refractivity contribution in [2.75, 3.05) is 32.8 Å². The lowest BCUT2D eigenvalue weighted by molar-refractivity contribution is 0.278. The second-order valence-corrected chi connectivity index (χ2v) is 4.16. The van der Waals surface area contributed by atoms with Crippen LogP contribution in [0.4, 0.5) is 0 Å². The average Bonchev–Trinajstić information content (AvgIpc) is 2.59. The highest BCUT2D eigenvalue weighted by molar-refractivity contribution is 5.13. The maximum absolute atomic E-state index is 5.38. The van der Waals surface area contributed by atoms with Gasteiger partial charge in [-0.15, -0.1) is 0 Å². The molecule has 0 amide bonds. The van der Waals surface area contributed by atoms with E-state index in [1.165, 1.54) is 6.42 Å². The molecule has 2 heterocycles. The Bertz CT molecular complexity index is 337. The first-order valence-electron chi connectivity index (χ1n) is 6.25. The molecule has 5 nitrogen and oxygen atoms in total. The third kappa shape index (κ3) is 3.94. The fraction of sp³-hybridized carbons (Fsp3) is 0.667. The van der Waals surface area contributed by atoms with E-state index in [2.05, 4.69) is 20.2 Å². The highest BCUT2D eigenvalue weighted by atomic mass is 16.5. The van der Waals surface area contributed by atoms with Crippen LogP contribution in [0, 0.1) is 0 Å². The Kier molecular flexibility index (Phi) is 4.70. The first kappa shape index (κ1) is 12.3. The van der Waals surface area contributed by atoms with Crippen molar-refractivity contribution in [1.29, 1.82) is 0 Å². The molecule has 0 saturated carbocycles. The van der Waals surface area contributed by atoms with Gasteiger partial charge < -0.3 is 10.1 Å². The van der Waals surface area contributed by atoms with Crippen LogP contribution in [-0.4, -0.2) is 47.7 Å². The van der Waals surface area contributed by atoms with Crippen molar-refractivity contribution in [3.05, 3.63) is 18.1 Å². The van der Waals surface area contributed by atoms with Gasteiger partial charge in [0.25, 0.3) is 0 Å². The summed E-state index contributed by atoms with van der Waals surface area (Å²) < 4.78 is 5.38. The van der Waals surface area contributed by atoms with Crippen molar-refractivity contribution in [3.63, 3.8) is 0 Å². The van der Waals surface area contributed by atoms with E-state index < -0.39 is 0 Å². The second kappa shape index (κ2) is 6.51. The first-order chi connectivity index (χ1) is 8.38. The molecule has 1 aliphatic rings. The van der Waals surface area contributed by atoms with E-state index in [1.54, 1.807) is 6.33 Å². The molecule has 0 bridgehead atoms. The van der Waals surface area contributed by atoms with Crippen LogP contribution < -0.4 is 10.1 Å². The summed E-state index contributed by atoms with van der Waals surface area (Å²) in [5.74, 6) is 0.672. The predicted molar refractivity (Wildman–Crippen MR) is 66.0 cm³/mol. The second-order valence-electron chi connectivity index (χ2n) is 4.16. The molecule has 0 aromatic carbocycles. The molecule has 1 fully saturated rings. The van der Waals surface area contributed by atoms with Gasteiger partial charge in [0.2, 0.25) is 5.88 Å². The van der Waals surface area contributed by atoms with Crippen LogP contribution in [-0.2, 0) is 6.54 Å². The lowest BCUT2D eigenvalue weighted by Gasteiger charge is -2.18. The Morgan fingerprint density at radius 3 is 3.18 bits per heavy atom. The highest BCUT2D eigenvalue weighted by Crippen LogP contribution is 2.09. The third-order valence-electron chi connectivity index (χ3n) is 2.81. The quantitative estimate of drug-likeness (QED) is 0.832. The van der Waals surface area contributed by atoms with E-state index in [1.807, 2.05) is 13.0 Å². The Hall–Kier alpha value is -1.20. The van der Waals surface area contributed by atoms with Crippen LogP contribution in [0.25, 0.3) is 0 Å². The van der Waals surface area contributed by atoms with E-state index >= 15 is 0 Å². The topological polar surface area (TPSA) is 50.3 Å². The first-order valence-corrected chi connectivity index (χ1v) is 6.25. The Balaban J connectivity index is 1.94.